The number of ether oxygens (including phenoxy) is 1. The van der Waals surface area contributed by atoms with Gasteiger partial charge in [-0.3, -0.25) is 4.79 Å². The molecule has 1 aliphatic rings. The van der Waals surface area contributed by atoms with E-state index >= 15 is 0 Å². The third kappa shape index (κ3) is 3.80. The Hall–Kier alpha value is -2.02. The summed E-state index contributed by atoms with van der Waals surface area (Å²) in [5.41, 5.74) is 0.684. The number of anilines is 1. The van der Waals surface area contributed by atoms with Crippen molar-refractivity contribution in [2.45, 2.75) is 19.3 Å². The molecule has 1 amide bonds. The van der Waals surface area contributed by atoms with Crippen LogP contribution in [0.25, 0.3) is 0 Å². The molecule has 1 aliphatic carbocycles. The van der Waals surface area contributed by atoms with E-state index in [1.807, 2.05) is 12.1 Å². The summed E-state index contributed by atoms with van der Waals surface area (Å²) in [6.07, 6.45) is 2.41. The Morgan fingerprint density at radius 1 is 1.41 bits per heavy atom. The minimum Gasteiger partial charge on any atom is -0.493 e. The molecule has 0 unspecified atom stereocenters. The van der Waals surface area contributed by atoms with E-state index in [-0.39, 0.29) is 12.3 Å². The van der Waals surface area contributed by atoms with E-state index in [9.17, 15) is 4.79 Å². The van der Waals surface area contributed by atoms with Gasteiger partial charge in [-0.15, -0.1) is 0 Å². The van der Waals surface area contributed by atoms with Crippen LogP contribution in [0, 0.1) is 17.2 Å². The van der Waals surface area contributed by atoms with Crippen LogP contribution in [-0.2, 0) is 4.79 Å². The Labute approximate surface area is 100 Å². The van der Waals surface area contributed by atoms with Crippen LogP contribution in [0.3, 0.4) is 0 Å². The Morgan fingerprint density at radius 2 is 2.12 bits per heavy atom. The number of amides is 1. The number of benzene rings is 1. The lowest BCUT2D eigenvalue weighted by atomic mass is 10.3. The first-order chi connectivity index (χ1) is 8.28. The summed E-state index contributed by atoms with van der Waals surface area (Å²) in [4.78, 5) is 11.2. The zero-order valence-electron chi connectivity index (χ0n) is 9.48. The van der Waals surface area contributed by atoms with Gasteiger partial charge in [-0.05, 0) is 43.0 Å². The number of carbonyl (C=O) groups excluding carboxylic acids is 1. The molecule has 1 aromatic carbocycles. The monoisotopic (exact) mass is 230 g/mol. The summed E-state index contributed by atoms with van der Waals surface area (Å²) < 4.78 is 5.57. The molecule has 0 atom stereocenters. The molecule has 0 heterocycles. The van der Waals surface area contributed by atoms with E-state index in [0.29, 0.717) is 5.69 Å². The molecule has 0 aliphatic heterocycles. The fourth-order valence-corrected chi connectivity index (χ4v) is 1.41. The highest BCUT2D eigenvalue weighted by Gasteiger charge is 2.21. The van der Waals surface area contributed by atoms with Crippen molar-refractivity contribution in [1.29, 1.82) is 5.26 Å². The predicted octanol–water partition coefficient (Wildman–Crippen LogP) is 2.33. The number of nitrogens with one attached hydrogen (secondary N) is 1. The summed E-state index contributed by atoms with van der Waals surface area (Å²) in [6, 6.07) is 9.00. The lowest BCUT2D eigenvalue weighted by Crippen LogP contribution is -2.09. The van der Waals surface area contributed by atoms with Gasteiger partial charge in [0.1, 0.15) is 12.2 Å². The van der Waals surface area contributed by atoms with Crippen LogP contribution in [0.5, 0.6) is 5.75 Å². The van der Waals surface area contributed by atoms with Crippen LogP contribution in [0.4, 0.5) is 5.69 Å². The minimum absolute atomic E-state index is 0.125. The smallest absolute Gasteiger partial charge is 0.238 e. The molecule has 4 heteroatoms. The number of nitrogens with zero attached hydrogens (tertiary/aromatic N) is 1. The zero-order chi connectivity index (χ0) is 12.1. The van der Waals surface area contributed by atoms with Gasteiger partial charge in [-0.2, -0.15) is 5.26 Å². The van der Waals surface area contributed by atoms with Crippen molar-refractivity contribution in [3.8, 4) is 11.8 Å². The Bertz CT molecular complexity index is 430. The second-order valence-corrected chi connectivity index (χ2v) is 4.16. The van der Waals surface area contributed by atoms with Gasteiger partial charge in [-0.25, -0.2) is 0 Å². The van der Waals surface area contributed by atoms with Gasteiger partial charge in [0.2, 0.25) is 5.91 Å². The van der Waals surface area contributed by atoms with Gasteiger partial charge in [-0.1, -0.05) is 0 Å². The molecule has 0 saturated heterocycles. The van der Waals surface area contributed by atoms with Crippen molar-refractivity contribution in [3.05, 3.63) is 24.3 Å². The average Bonchev–Trinajstić information content (AvgIpc) is 3.12. The molecule has 1 N–H and O–H groups in total. The quantitative estimate of drug-likeness (QED) is 0.844. The Balaban J connectivity index is 1.83. The molecule has 88 valence electrons. The highest BCUT2D eigenvalue weighted by atomic mass is 16.5. The topological polar surface area (TPSA) is 62.1 Å². The summed E-state index contributed by atoms with van der Waals surface area (Å²) in [6.45, 7) is 0.778. The van der Waals surface area contributed by atoms with Crippen LogP contribution in [0.15, 0.2) is 24.3 Å². The highest BCUT2D eigenvalue weighted by Crippen LogP contribution is 2.29. The minimum atomic E-state index is -0.292. The van der Waals surface area contributed by atoms with Crippen molar-refractivity contribution in [2.24, 2.45) is 5.92 Å². The van der Waals surface area contributed by atoms with Crippen LogP contribution >= 0.6 is 0 Å². The normalized spacial score (nSPS) is 13.8. The molecule has 17 heavy (non-hydrogen) atoms. The first-order valence-corrected chi connectivity index (χ1v) is 5.67. The van der Waals surface area contributed by atoms with Crippen molar-refractivity contribution < 1.29 is 9.53 Å². The van der Waals surface area contributed by atoms with Crippen molar-refractivity contribution in [2.75, 3.05) is 11.9 Å². The molecule has 0 bridgehead atoms. The average molecular weight is 230 g/mol. The van der Waals surface area contributed by atoms with Gasteiger partial charge >= 0.3 is 0 Å². The van der Waals surface area contributed by atoms with Crippen molar-refractivity contribution in [3.63, 3.8) is 0 Å². The first kappa shape index (κ1) is 11.5. The van der Waals surface area contributed by atoms with Crippen molar-refractivity contribution >= 4 is 11.6 Å². The number of rotatable bonds is 5. The fourth-order valence-electron chi connectivity index (χ4n) is 1.41. The third-order valence-corrected chi connectivity index (χ3v) is 2.56. The number of hydrogen-bond donors (Lipinski definition) is 1. The van der Waals surface area contributed by atoms with E-state index in [1.54, 1.807) is 18.2 Å². The number of carbonyl (C=O) groups is 1. The lowest BCUT2D eigenvalue weighted by molar-refractivity contribution is -0.115. The Morgan fingerprint density at radius 3 is 2.71 bits per heavy atom. The maximum atomic E-state index is 11.2. The maximum absolute atomic E-state index is 11.2. The van der Waals surface area contributed by atoms with Crippen LogP contribution in [-0.4, -0.2) is 12.5 Å². The van der Waals surface area contributed by atoms with Crippen LogP contribution in [0.2, 0.25) is 0 Å². The fraction of sp³-hybridized carbons (Fsp3) is 0.385. The lowest BCUT2D eigenvalue weighted by Gasteiger charge is -2.06. The molecule has 1 aromatic rings. The predicted molar refractivity (Wildman–Crippen MR) is 63.5 cm³/mol. The van der Waals surface area contributed by atoms with Gasteiger partial charge < -0.3 is 10.1 Å². The molecule has 0 spiro atoms. The molecular formula is C13H14N2O2. The highest BCUT2D eigenvalue weighted by molar-refractivity contribution is 5.92. The van der Waals surface area contributed by atoms with Gasteiger partial charge in [0.25, 0.3) is 0 Å². The summed E-state index contributed by atoms with van der Waals surface area (Å²) in [5.74, 6) is 1.25. The second kappa shape index (κ2) is 5.35. The van der Waals surface area contributed by atoms with Gasteiger partial charge in [0.05, 0.1) is 12.7 Å². The van der Waals surface area contributed by atoms with E-state index in [4.69, 9.17) is 10.00 Å². The number of nitriles is 1. The zero-order valence-corrected chi connectivity index (χ0v) is 9.48. The largest absolute Gasteiger partial charge is 0.493 e. The molecule has 4 nitrogen and oxygen atoms in total. The number of hydrogen-bond acceptors (Lipinski definition) is 3. The molecule has 2 rings (SSSR count). The van der Waals surface area contributed by atoms with Crippen molar-refractivity contribution in [1.82, 2.24) is 0 Å². The van der Waals surface area contributed by atoms with Crippen LogP contribution < -0.4 is 10.1 Å². The molecule has 0 radical (unpaired) electrons. The summed E-state index contributed by atoms with van der Waals surface area (Å²) in [5, 5.41) is 11.0. The van der Waals surface area contributed by atoms with E-state index in [2.05, 4.69) is 5.32 Å². The molecular weight excluding hydrogens is 216 g/mol. The molecule has 1 fully saturated rings. The van der Waals surface area contributed by atoms with Gasteiger partial charge in [0, 0.05) is 5.69 Å². The van der Waals surface area contributed by atoms with E-state index in [0.717, 1.165) is 18.3 Å². The summed E-state index contributed by atoms with van der Waals surface area (Å²) >= 11 is 0. The van der Waals surface area contributed by atoms with Gasteiger partial charge in [0.15, 0.2) is 0 Å². The summed E-state index contributed by atoms with van der Waals surface area (Å²) in [7, 11) is 0. The van der Waals surface area contributed by atoms with E-state index in [1.165, 1.54) is 12.8 Å². The second-order valence-electron chi connectivity index (χ2n) is 4.16. The molecule has 1 saturated carbocycles. The SMILES string of the molecule is N#CCC(=O)Nc1ccc(OCC2CC2)cc1. The first-order valence-electron chi connectivity index (χ1n) is 5.67. The van der Waals surface area contributed by atoms with Crippen LogP contribution in [0.1, 0.15) is 19.3 Å². The maximum Gasteiger partial charge on any atom is 0.238 e. The third-order valence-electron chi connectivity index (χ3n) is 2.56. The molecule has 0 aromatic heterocycles. The van der Waals surface area contributed by atoms with E-state index < -0.39 is 0 Å². The Kier molecular flexibility index (Phi) is 3.61. The standard InChI is InChI=1S/C13H14N2O2/c14-8-7-13(16)15-11-3-5-12(6-4-11)17-9-10-1-2-10/h3-6,10H,1-2,7,9H2,(H,15,16).